The third-order valence-electron chi connectivity index (χ3n) is 2.00. The van der Waals surface area contributed by atoms with E-state index in [1.54, 1.807) is 0 Å². The summed E-state index contributed by atoms with van der Waals surface area (Å²) in [7, 11) is 4.09. The van der Waals surface area contributed by atoms with E-state index in [1.807, 2.05) is 20.3 Å². The zero-order valence-corrected chi connectivity index (χ0v) is 9.82. The molecule has 2 rings (SSSR count). The maximum absolute atomic E-state index is 4.38. The first kappa shape index (κ1) is 9.68. The van der Waals surface area contributed by atoms with E-state index in [0.29, 0.717) is 0 Å². The van der Waals surface area contributed by atoms with Gasteiger partial charge in [0.2, 0.25) is 0 Å². The third-order valence-corrected chi connectivity index (χ3v) is 2.44. The molecule has 0 unspecified atom stereocenters. The number of aromatic nitrogens is 2. The van der Waals surface area contributed by atoms with Crippen molar-refractivity contribution in [3.05, 3.63) is 29.0 Å². The van der Waals surface area contributed by atoms with Crippen LogP contribution in [-0.2, 0) is 6.67 Å². The topological polar surface area (TPSA) is 21.1 Å². The summed E-state index contributed by atoms with van der Waals surface area (Å²) in [6.45, 7) is 0.859. The number of hydrogen-bond donors (Lipinski definition) is 0. The molecule has 0 aliphatic carbocycles. The van der Waals surface area contributed by atoms with Gasteiger partial charge < -0.3 is 4.57 Å². The molecule has 0 N–H and O–H groups in total. The van der Waals surface area contributed by atoms with Crippen molar-refractivity contribution < 1.29 is 0 Å². The van der Waals surface area contributed by atoms with Crippen LogP contribution in [0.2, 0.25) is 0 Å². The van der Waals surface area contributed by atoms with E-state index < -0.39 is 0 Å². The van der Waals surface area contributed by atoms with Gasteiger partial charge in [0.15, 0.2) is 0 Å². The lowest BCUT2D eigenvalue weighted by atomic mass is 10.3. The van der Waals surface area contributed by atoms with Crippen molar-refractivity contribution in [2.45, 2.75) is 6.67 Å². The Morgan fingerprint density at radius 1 is 1.50 bits per heavy atom. The lowest BCUT2D eigenvalue weighted by Crippen LogP contribution is -2.16. The molecule has 0 bridgehead atoms. The standard InChI is InChI=1S/C10H12BrN3/c1-13(2)7-14-4-3-8-5-9(11)6-12-10(8)14/h3-6H,7H2,1-2H3. The van der Waals surface area contributed by atoms with Crippen LogP contribution in [-0.4, -0.2) is 28.5 Å². The van der Waals surface area contributed by atoms with Crippen molar-refractivity contribution in [1.82, 2.24) is 14.5 Å². The smallest absolute Gasteiger partial charge is 0.141 e. The largest absolute Gasteiger partial charge is 0.319 e. The van der Waals surface area contributed by atoms with Gasteiger partial charge in [-0.25, -0.2) is 4.98 Å². The predicted octanol–water partition coefficient (Wildman–Crippen LogP) is 2.32. The van der Waals surface area contributed by atoms with Crippen molar-refractivity contribution in [2.75, 3.05) is 14.1 Å². The van der Waals surface area contributed by atoms with E-state index in [9.17, 15) is 0 Å². The molecule has 4 heteroatoms. The molecule has 0 saturated heterocycles. The molecule has 0 saturated carbocycles. The van der Waals surface area contributed by atoms with E-state index in [0.717, 1.165) is 16.8 Å². The second kappa shape index (κ2) is 3.71. The van der Waals surface area contributed by atoms with Crippen molar-refractivity contribution in [3.8, 4) is 0 Å². The van der Waals surface area contributed by atoms with Crippen molar-refractivity contribution in [1.29, 1.82) is 0 Å². The highest BCUT2D eigenvalue weighted by Gasteiger charge is 2.02. The molecule has 0 aliphatic rings. The molecule has 0 fully saturated rings. The van der Waals surface area contributed by atoms with Crippen LogP contribution in [0.4, 0.5) is 0 Å². The molecule has 0 spiro atoms. The summed E-state index contributed by atoms with van der Waals surface area (Å²) in [5, 5.41) is 1.17. The molecular weight excluding hydrogens is 242 g/mol. The summed E-state index contributed by atoms with van der Waals surface area (Å²) in [5.41, 5.74) is 1.03. The van der Waals surface area contributed by atoms with Gasteiger partial charge in [-0.3, -0.25) is 4.90 Å². The minimum absolute atomic E-state index is 0.859. The average molecular weight is 254 g/mol. The quantitative estimate of drug-likeness (QED) is 0.820. The summed E-state index contributed by atoms with van der Waals surface area (Å²) >= 11 is 3.41. The SMILES string of the molecule is CN(C)Cn1ccc2cc(Br)cnc21. The van der Waals surface area contributed by atoms with Gasteiger partial charge in [-0.2, -0.15) is 0 Å². The molecule has 74 valence electrons. The number of halogens is 1. The highest BCUT2D eigenvalue weighted by Crippen LogP contribution is 2.18. The Bertz CT molecular complexity index is 448. The fourth-order valence-electron chi connectivity index (χ4n) is 1.47. The Morgan fingerprint density at radius 3 is 3.00 bits per heavy atom. The molecule has 2 aromatic rings. The highest BCUT2D eigenvalue weighted by atomic mass is 79.9. The molecule has 2 heterocycles. The minimum atomic E-state index is 0.859. The maximum atomic E-state index is 4.38. The molecular formula is C10H12BrN3. The molecule has 0 amide bonds. The van der Waals surface area contributed by atoms with E-state index in [-0.39, 0.29) is 0 Å². The minimum Gasteiger partial charge on any atom is -0.319 e. The summed E-state index contributed by atoms with van der Waals surface area (Å²) in [4.78, 5) is 6.50. The predicted molar refractivity (Wildman–Crippen MR) is 61.1 cm³/mol. The summed E-state index contributed by atoms with van der Waals surface area (Å²) in [5.74, 6) is 0. The molecule has 0 aromatic carbocycles. The highest BCUT2D eigenvalue weighted by molar-refractivity contribution is 9.10. The maximum Gasteiger partial charge on any atom is 0.141 e. The monoisotopic (exact) mass is 253 g/mol. The Kier molecular flexibility index (Phi) is 2.56. The first-order valence-corrected chi connectivity index (χ1v) is 5.21. The number of fused-ring (bicyclic) bond motifs is 1. The van der Waals surface area contributed by atoms with E-state index >= 15 is 0 Å². The fraction of sp³-hybridized carbons (Fsp3) is 0.300. The van der Waals surface area contributed by atoms with E-state index in [2.05, 4.69) is 48.7 Å². The van der Waals surface area contributed by atoms with Gasteiger partial charge in [0.05, 0.1) is 6.67 Å². The fourth-order valence-corrected chi connectivity index (χ4v) is 1.82. The molecule has 3 nitrogen and oxygen atoms in total. The van der Waals surface area contributed by atoms with Gasteiger partial charge in [-0.1, -0.05) is 0 Å². The Hall–Kier alpha value is -0.870. The van der Waals surface area contributed by atoms with Gasteiger partial charge in [-0.05, 0) is 42.2 Å². The van der Waals surface area contributed by atoms with Crippen molar-refractivity contribution >= 4 is 27.0 Å². The lowest BCUT2D eigenvalue weighted by molar-refractivity contribution is 0.332. The second-order valence-corrected chi connectivity index (χ2v) is 4.49. The summed E-state index contributed by atoms with van der Waals surface area (Å²) in [6, 6.07) is 4.16. The van der Waals surface area contributed by atoms with Crippen LogP contribution in [0.3, 0.4) is 0 Å². The van der Waals surface area contributed by atoms with Crippen LogP contribution in [0.25, 0.3) is 11.0 Å². The second-order valence-electron chi connectivity index (χ2n) is 3.57. The van der Waals surface area contributed by atoms with Crippen LogP contribution in [0, 0.1) is 0 Å². The number of rotatable bonds is 2. The Labute approximate surface area is 91.5 Å². The number of pyridine rings is 1. The van der Waals surface area contributed by atoms with Crippen molar-refractivity contribution in [3.63, 3.8) is 0 Å². The van der Waals surface area contributed by atoms with Crippen LogP contribution in [0.5, 0.6) is 0 Å². The van der Waals surface area contributed by atoms with Crippen LogP contribution < -0.4 is 0 Å². The zero-order chi connectivity index (χ0) is 10.1. The first-order valence-electron chi connectivity index (χ1n) is 4.42. The van der Waals surface area contributed by atoms with Crippen LogP contribution >= 0.6 is 15.9 Å². The summed E-state index contributed by atoms with van der Waals surface area (Å²) in [6.07, 6.45) is 3.89. The van der Waals surface area contributed by atoms with Crippen molar-refractivity contribution in [2.24, 2.45) is 0 Å². The normalized spacial score (nSPS) is 11.4. The summed E-state index contributed by atoms with van der Waals surface area (Å²) < 4.78 is 3.15. The first-order chi connectivity index (χ1) is 6.66. The molecule has 0 atom stereocenters. The molecule has 2 aromatic heterocycles. The number of hydrogen-bond acceptors (Lipinski definition) is 2. The van der Waals surface area contributed by atoms with Gasteiger partial charge in [0, 0.05) is 22.3 Å². The molecule has 0 radical (unpaired) electrons. The molecule has 0 aliphatic heterocycles. The van der Waals surface area contributed by atoms with Gasteiger partial charge in [-0.15, -0.1) is 0 Å². The average Bonchev–Trinajstić information content (AvgIpc) is 2.47. The lowest BCUT2D eigenvalue weighted by Gasteiger charge is -2.11. The van der Waals surface area contributed by atoms with E-state index in [4.69, 9.17) is 0 Å². The number of nitrogens with zero attached hydrogens (tertiary/aromatic N) is 3. The Morgan fingerprint density at radius 2 is 2.29 bits per heavy atom. The van der Waals surface area contributed by atoms with Crippen LogP contribution in [0.15, 0.2) is 29.0 Å². The zero-order valence-electron chi connectivity index (χ0n) is 8.24. The third kappa shape index (κ3) is 1.81. The van der Waals surface area contributed by atoms with Gasteiger partial charge in [0.1, 0.15) is 5.65 Å². The van der Waals surface area contributed by atoms with Crippen LogP contribution in [0.1, 0.15) is 0 Å². The Balaban J connectivity index is 2.47. The van der Waals surface area contributed by atoms with Gasteiger partial charge >= 0.3 is 0 Å². The van der Waals surface area contributed by atoms with Gasteiger partial charge in [0.25, 0.3) is 0 Å². The van der Waals surface area contributed by atoms with E-state index in [1.165, 1.54) is 5.39 Å². The molecule has 14 heavy (non-hydrogen) atoms.